The number of imide groups is 1. The third kappa shape index (κ3) is 6.05. The maximum Gasteiger partial charge on any atom is 0.338 e. The fraction of sp³-hybridized carbons (Fsp3) is 0.250. The summed E-state index contributed by atoms with van der Waals surface area (Å²) in [5.41, 5.74) is 0.416. The Morgan fingerprint density at radius 1 is 1.03 bits per heavy atom. The minimum Gasteiger partial charge on any atom is -0.452 e. The van der Waals surface area contributed by atoms with Crippen molar-refractivity contribution in [3.63, 3.8) is 0 Å². The van der Waals surface area contributed by atoms with Gasteiger partial charge in [0, 0.05) is 13.1 Å². The summed E-state index contributed by atoms with van der Waals surface area (Å²) in [6, 6.07) is 12.9. The molecule has 160 valence electrons. The zero-order chi connectivity index (χ0) is 22.3. The lowest BCUT2D eigenvalue weighted by Gasteiger charge is -2.19. The SMILES string of the molecule is CC(C)NC(=O)NC(=O)COC(=O)c1cccc(S(=O)(=O)N(C)c2ccccc2)c1. The molecule has 0 aliphatic heterocycles. The summed E-state index contributed by atoms with van der Waals surface area (Å²) in [6.45, 7) is 2.76. The molecule has 0 heterocycles. The smallest absolute Gasteiger partial charge is 0.338 e. The van der Waals surface area contributed by atoms with Crippen LogP contribution in [0.2, 0.25) is 0 Å². The lowest BCUT2D eigenvalue weighted by Crippen LogP contribution is -2.44. The molecule has 10 heteroatoms. The van der Waals surface area contributed by atoms with E-state index in [2.05, 4.69) is 5.32 Å². The Labute approximate surface area is 175 Å². The molecule has 9 nitrogen and oxygen atoms in total. The molecule has 2 aromatic rings. The Morgan fingerprint density at radius 2 is 1.70 bits per heavy atom. The Bertz CT molecular complexity index is 1020. The largest absolute Gasteiger partial charge is 0.452 e. The molecule has 30 heavy (non-hydrogen) atoms. The average Bonchev–Trinajstić information content (AvgIpc) is 2.71. The van der Waals surface area contributed by atoms with Crippen molar-refractivity contribution in [3.8, 4) is 0 Å². The van der Waals surface area contributed by atoms with Gasteiger partial charge in [0.15, 0.2) is 6.61 Å². The molecule has 0 bridgehead atoms. The summed E-state index contributed by atoms with van der Waals surface area (Å²) < 4.78 is 31.7. The summed E-state index contributed by atoms with van der Waals surface area (Å²) in [5, 5.41) is 4.48. The number of nitrogens with one attached hydrogen (secondary N) is 2. The number of hydrogen-bond donors (Lipinski definition) is 2. The number of benzene rings is 2. The lowest BCUT2D eigenvalue weighted by molar-refractivity contribution is -0.123. The molecule has 2 rings (SSSR count). The van der Waals surface area contributed by atoms with Crippen molar-refractivity contribution in [2.45, 2.75) is 24.8 Å². The van der Waals surface area contributed by atoms with Crippen LogP contribution in [0.3, 0.4) is 0 Å². The van der Waals surface area contributed by atoms with Gasteiger partial charge in [-0.15, -0.1) is 0 Å². The number of ether oxygens (including phenoxy) is 1. The predicted octanol–water partition coefficient (Wildman–Crippen LogP) is 1.90. The van der Waals surface area contributed by atoms with Crippen molar-refractivity contribution in [1.82, 2.24) is 10.6 Å². The zero-order valence-electron chi connectivity index (χ0n) is 16.8. The first-order chi connectivity index (χ1) is 14.1. The second kappa shape index (κ2) is 9.88. The fourth-order valence-electron chi connectivity index (χ4n) is 2.39. The number of para-hydroxylation sites is 1. The van der Waals surface area contributed by atoms with Crippen LogP contribution in [-0.2, 0) is 19.6 Å². The maximum atomic E-state index is 12.8. The lowest BCUT2D eigenvalue weighted by atomic mass is 10.2. The van der Waals surface area contributed by atoms with Crippen LogP contribution in [0.4, 0.5) is 10.5 Å². The number of carbonyl (C=O) groups excluding carboxylic acids is 3. The van der Waals surface area contributed by atoms with Crippen molar-refractivity contribution < 1.29 is 27.5 Å². The molecule has 0 spiro atoms. The predicted molar refractivity (Wildman–Crippen MR) is 111 cm³/mol. The van der Waals surface area contributed by atoms with Gasteiger partial charge in [0.05, 0.1) is 16.1 Å². The molecular formula is C20H23N3O6S. The summed E-state index contributed by atoms with van der Waals surface area (Å²) in [4.78, 5) is 35.3. The van der Waals surface area contributed by atoms with E-state index in [0.29, 0.717) is 5.69 Å². The summed E-state index contributed by atoms with van der Waals surface area (Å²) in [7, 11) is -2.51. The van der Waals surface area contributed by atoms with Crippen LogP contribution >= 0.6 is 0 Å². The number of anilines is 1. The average molecular weight is 433 g/mol. The summed E-state index contributed by atoms with van der Waals surface area (Å²) >= 11 is 0. The van der Waals surface area contributed by atoms with Gasteiger partial charge in [0.1, 0.15) is 0 Å². The first-order valence-electron chi connectivity index (χ1n) is 9.03. The van der Waals surface area contributed by atoms with E-state index < -0.39 is 34.5 Å². The van der Waals surface area contributed by atoms with Crippen molar-refractivity contribution in [1.29, 1.82) is 0 Å². The van der Waals surface area contributed by atoms with E-state index in [9.17, 15) is 22.8 Å². The number of hydrogen-bond acceptors (Lipinski definition) is 6. The van der Waals surface area contributed by atoms with Gasteiger partial charge >= 0.3 is 12.0 Å². The monoisotopic (exact) mass is 433 g/mol. The summed E-state index contributed by atoms with van der Waals surface area (Å²) in [6.07, 6.45) is 0. The third-order valence-corrected chi connectivity index (χ3v) is 5.64. The zero-order valence-corrected chi connectivity index (χ0v) is 17.6. The molecule has 0 fully saturated rings. The van der Waals surface area contributed by atoms with Crippen molar-refractivity contribution in [3.05, 3.63) is 60.2 Å². The minimum atomic E-state index is -3.91. The molecule has 0 aliphatic carbocycles. The number of carbonyl (C=O) groups is 3. The number of amides is 3. The highest BCUT2D eigenvalue weighted by atomic mass is 32.2. The molecule has 2 N–H and O–H groups in total. The van der Waals surface area contributed by atoms with Crippen LogP contribution in [-0.4, -0.2) is 46.0 Å². The number of sulfonamides is 1. The maximum absolute atomic E-state index is 12.8. The third-order valence-electron chi connectivity index (χ3n) is 3.86. The van der Waals surface area contributed by atoms with Gasteiger partial charge in [0.2, 0.25) is 0 Å². The molecule has 0 aromatic heterocycles. The number of nitrogens with zero attached hydrogens (tertiary/aromatic N) is 1. The Hall–Kier alpha value is -3.40. The number of esters is 1. The second-order valence-corrected chi connectivity index (χ2v) is 8.56. The van der Waals surface area contributed by atoms with E-state index in [1.165, 1.54) is 31.3 Å². The van der Waals surface area contributed by atoms with E-state index in [0.717, 1.165) is 4.31 Å². The first kappa shape index (κ1) is 22.9. The first-order valence-corrected chi connectivity index (χ1v) is 10.5. The highest BCUT2D eigenvalue weighted by Crippen LogP contribution is 2.22. The van der Waals surface area contributed by atoms with Crippen LogP contribution < -0.4 is 14.9 Å². The normalized spacial score (nSPS) is 10.9. The Morgan fingerprint density at radius 3 is 2.33 bits per heavy atom. The molecule has 0 saturated heterocycles. The van der Waals surface area contributed by atoms with Crippen LogP contribution in [0.15, 0.2) is 59.5 Å². The van der Waals surface area contributed by atoms with Crippen molar-refractivity contribution in [2.75, 3.05) is 18.0 Å². The highest BCUT2D eigenvalue weighted by molar-refractivity contribution is 7.92. The van der Waals surface area contributed by atoms with E-state index in [4.69, 9.17) is 4.74 Å². The van der Waals surface area contributed by atoms with Gasteiger partial charge in [-0.1, -0.05) is 24.3 Å². The van der Waals surface area contributed by atoms with Gasteiger partial charge < -0.3 is 10.1 Å². The van der Waals surface area contributed by atoms with Gasteiger partial charge in [0.25, 0.3) is 15.9 Å². The molecule has 0 aliphatic rings. The molecular weight excluding hydrogens is 410 g/mol. The van der Waals surface area contributed by atoms with Crippen LogP contribution in [0.1, 0.15) is 24.2 Å². The van der Waals surface area contributed by atoms with Crippen LogP contribution in [0.5, 0.6) is 0 Å². The fourth-order valence-corrected chi connectivity index (χ4v) is 3.64. The van der Waals surface area contributed by atoms with E-state index in [1.54, 1.807) is 44.2 Å². The van der Waals surface area contributed by atoms with Crippen molar-refractivity contribution in [2.24, 2.45) is 0 Å². The van der Waals surface area contributed by atoms with Crippen LogP contribution in [0, 0.1) is 0 Å². The molecule has 0 atom stereocenters. The summed E-state index contributed by atoms with van der Waals surface area (Å²) in [5.74, 6) is -1.71. The molecule has 0 unspecified atom stereocenters. The standard InChI is InChI=1S/C20H23N3O6S/c1-14(2)21-20(26)22-18(24)13-29-19(25)15-8-7-11-17(12-15)30(27,28)23(3)16-9-5-4-6-10-16/h4-12,14H,13H2,1-3H3,(H2,21,22,24,26). The molecule has 0 radical (unpaired) electrons. The van der Waals surface area contributed by atoms with Gasteiger partial charge in [-0.2, -0.15) is 0 Å². The molecule has 3 amide bonds. The highest BCUT2D eigenvalue weighted by Gasteiger charge is 2.23. The minimum absolute atomic E-state index is 0.0445. The Balaban J connectivity index is 2.06. The van der Waals surface area contributed by atoms with Gasteiger partial charge in [-0.3, -0.25) is 14.4 Å². The molecule has 2 aromatic carbocycles. The number of urea groups is 1. The van der Waals surface area contributed by atoms with E-state index >= 15 is 0 Å². The second-order valence-electron chi connectivity index (χ2n) is 6.59. The quantitative estimate of drug-likeness (QED) is 0.643. The molecule has 0 saturated carbocycles. The van der Waals surface area contributed by atoms with Gasteiger partial charge in [-0.25, -0.2) is 18.0 Å². The number of rotatable bonds is 7. The van der Waals surface area contributed by atoms with Gasteiger partial charge in [-0.05, 0) is 44.2 Å². The Kier molecular flexibility index (Phi) is 7.54. The topological polar surface area (TPSA) is 122 Å². The van der Waals surface area contributed by atoms with E-state index in [1.807, 2.05) is 5.32 Å². The van der Waals surface area contributed by atoms with E-state index in [-0.39, 0.29) is 16.5 Å². The van der Waals surface area contributed by atoms with Crippen molar-refractivity contribution >= 4 is 33.6 Å². The van der Waals surface area contributed by atoms with Crippen LogP contribution in [0.25, 0.3) is 0 Å².